The van der Waals surface area contributed by atoms with Crippen molar-refractivity contribution in [2.75, 3.05) is 5.88 Å². The molecule has 0 bridgehead atoms. The molecular weight excluding hydrogens is 285 g/mol. The van der Waals surface area contributed by atoms with Crippen molar-refractivity contribution in [2.24, 2.45) is 5.41 Å². The molecule has 1 unspecified atom stereocenters. The Morgan fingerprint density at radius 2 is 2.05 bits per heavy atom. The highest BCUT2D eigenvalue weighted by Gasteiger charge is 2.26. The predicted octanol–water partition coefficient (Wildman–Crippen LogP) is 3.82. The number of amides is 1. The number of halogens is 2. The molecule has 0 spiro atoms. The van der Waals surface area contributed by atoms with Crippen LogP contribution in [0.25, 0.3) is 0 Å². The summed E-state index contributed by atoms with van der Waals surface area (Å²) in [4.78, 5) is 12.2. The SMILES string of the molecule is CC(C)(C)C(CCCl)NC(=O)c1cc(O)ccc1Cl. The second kappa shape index (κ2) is 6.49. The Labute approximate surface area is 123 Å². The lowest BCUT2D eigenvalue weighted by molar-refractivity contribution is 0.0900. The fraction of sp³-hybridized carbons (Fsp3) is 0.500. The molecule has 3 nitrogen and oxygen atoms in total. The number of alkyl halides is 1. The van der Waals surface area contributed by atoms with Crippen LogP contribution in [0.5, 0.6) is 5.75 Å². The maximum Gasteiger partial charge on any atom is 0.253 e. The van der Waals surface area contributed by atoms with Crippen LogP contribution in [0, 0.1) is 5.41 Å². The van der Waals surface area contributed by atoms with Gasteiger partial charge in [-0.05, 0) is 30.0 Å². The van der Waals surface area contributed by atoms with Crippen LogP contribution in [0.4, 0.5) is 0 Å². The lowest BCUT2D eigenvalue weighted by Crippen LogP contribution is -2.44. The summed E-state index contributed by atoms with van der Waals surface area (Å²) in [6.45, 7) is 6.11. The maximum absolute atomic E-state index is 12.2. The Hall–Kier alpha value is -0.930. The van der Waals surface area contributed by atoms with Crippen LogP contribution in [0.15, 0.2) is 18.2 Å². The first-order valence-electron chi connectivity index (χ1n) is 6.11. The van der Waals surface area contributed by atoms with Crippen LogP contribution in [0.3, 0.4) is 0 Å². The molecule has 0 aliphatic carbocycles. The summed E-state index contributed by atoms with van der Waals surface area (Å²) < 4.78 is 0. The van der Waals surface area contributed by atoms with E-state index >= 15 is 0 Å². The van der Waals surface area contributed by atoms with E-state index in [2.05, 4.69) is 5.32 Å². The third-order valence-electron chi connectivity index (χ3n) is 2.94. The zero-order chi connectivity index (χ0) is 14.6. The van der Waals surface area contributed by atoms with Gasteiger partial charge in [0.1, 0.15) is 5.75 Å². The first-order valence-corrected chi connectivity index (χ1v) is 7.02. The van der Waals surface area contributed by atoms with E-state index in [-0.39, 0.29) is 28.7 Å². The van der Waals surface area contributed by atoms with E-state index in [9.17, 15) is 9.90 Å². The van der Waals surface area contributed by atoms with E-state index in [0.29, 0.717) is 17.3 Å². The van der Waals surface area contributed by atoms with Gasteiger partial charge in [-0.2, -0.15) is 0 Å². The van der Waals surface area contributed by atoms with E-state index in [0.717, 1.165) is 0 Å². The molecular formula is C14H19Cl2NO2. The maximum atomic E-state index is 12.2. The van der Waals surface area contributed by atoms with E-state index in [1.165, 1.54) is 18.2 Å². The van der Waals surface area contributed by atoms with Gasteiger partial charge in [-0.1, -0.05) is 32.4 Å². The quantitative estimate of drug-likeness (QED) is 0.831. The highest BCUT2D eigenvalue weighted by atomic mass is 35.5. The van der Waals surface area contributed by atoms with Crippen molar-refractivity contribution in [3.8, 4) is 5.75 Å². The smallest absolute Gasteiger partial charge is 0.253 e. The zero-order valence-corrected chi connectivity index (χ0v) is 12.8. The van der Waals surface area contributed by atoms with E-state index in [4.69, 9.17) is 23.2 Å². The number of carbonyl (C=O) groups excluding carboxylic acids is 1. The van der Waals surface area contributed by atoms with E-state index in [1.54, 1.807) is 0 Å². The predicted molar refractivity (Wildman–Crippen MR) is 79.2 cm³/mol. The van der Waals surface area contributed by atoms with Gasteiger partial charge < -0.3 is 10.4 Å². The van der Waals surface area contributed by atoms with Crippen LogP contribution in [0.1, 0.15) is 37.6 Å². The van der Waals surface area contributed by atoms with Crippen LogP contribution in [-0.2, 0) is 0 Å². The molecule has 0 heterocycles. The average Bonchev–Trinajstić information content (AvgIpc) is 2.30. The molecule has 0 aliphatic rings. The summed E-state index contributed by atoms with van der Waals surface area (Å²) in [5.41, 5.74) is 0.166. The standard InChI is InChI=1S/C14H19Cl2NO2/c1-14(2,3)12(6-7-15)17-13(19)10-8-9(18)4-5-11(10)16/h4-5,8,12,18H,6-7H2,1-3H3,(H,17,19). The van der Waals surface area contributed by atoms with Crippen molar-refractivity contribution in [1.29, 1.82) is 0 Å². The summed E-state index contributed by atoms with van der Waals surface area (Å²) in [7, 11) is 0. The highest BCUT2D eigenvalue weighted by Crippen LogP contribution is 2.25. The van der Waals surface area contributed by atoms with E-state index < -0.39 is 0 Å². The van der Waals surface area contributed by atoms with Gasteiger partial charge >= 0.3 is 0 Å². The van der Waals surface area contributed by atoms with Gasteiger partial charge in [-0.25, -0.2) is 0 Å². The largest absolute Gasteiger partial charge is 0.508 e. The number of aromatic hydroxyl groups is 1. The summed E-state index contributed by atoms with van der Waals surface area (Å²) >= 11 is 11.7. The van der Waals surface area contributed by atoms with Gasteiger partial charge in [-0.3, -0.25) is 4.79 Å². The monoisotopic (exact) mass is 303 g/mol. The Bertz CT molecular complexity index is 455. The fourth-order valence-corrected chi connectivity index (χ4v) is 2.18. The molecule has 106 valence electrons. The molecule has 1 aromatic rings. The molecule has 0 radical (unpaired) electrons. The molecule has 1 atom stereocenters. The van der Waals surface area contributed by atoms with Gasteiger partial charge in [-0.15, -0.1) is 11.6 Å². The first-order chi connectivity index (χ1) is 8.75. The molecule has 2 N–H and O–H groups in total. The minimum Gasteiger partial charge on any atom is -0.508 e. The number of rotatable bonds is 4. The van der Waals surface area contributed by atoms with Crippen LogP contribution < -0.4 is 5.32 Å². The number of hydrogen-bond acceptors (Lipinski definition) is 2. The molecule has 0 saturated heterocycles. The fourth-order valence-electron chi connectivity index (χ4n) is 1.75. The van der Waals surface area contributed by atoms with Crippen molar-refractivity contribution in [3.63, 3.8) is 0 Å². The number of carbonyl (C=O) groups is 1. The van der Waals surface area contributed by atoms with Crippen molar-refractivity contribution in [1.82, 2.24) is 5.32 Å². The summed E-state index contributed by atoms with van der Waals surface area (Å²) in [6.07, 6.45) is 0.674. The Morgan fingerprint density at radius 3 is 2.58 bits per heavy atom. The molecule has 19 heavy (non-hydrogen) atoms. The Morgan fingerprint density at radius 1 is 1.42 bits per heavy atom. The van der Waals surface area contributed by atoms with Gasteiger partial charge in [0.05, 0.1) is 10.6 Å². The lowest BCUT2D eigenvalue weighted by atomic mass is 9.85. The summed E-state index contributed by atoms with van der Waals surface area (Å²) in [6, 6.07) is 4.24. The number of benzene rings is 1. The molecule has 1 aromatic carbocycles. The molecule has 1 amide bonds. The number of nitrogens with one attached hydrogen (secondary N) is 1. The lowest BCUT2D eigenvalue weighted by Gasteiger charge is -2.31. The minimum atomic E-state index is -0.300. The van der Waals surface area contributed by atoms with Gasteiger partial charge in [0.2, 0.25) is 0 Å². The average molecular weight is 304 g/mol. The van der Waals surface area contributed by atoms with Gasteiger partial charge in [0, 0.05) is 11.9 Å². The highest BCUT2D eigenvalue weighted by molar-refractivity contribution is 6.33. The number of phenolic OH excluding ortho intramolecular Hbond substituents is 1. The van der Waals surface area contributed by atoms with Crippen molar-refractivity contribution >= 4 is 29.1 Å². The Kier molecular flexibility index (Phi) is 5.50. The summed E-state index contributed by atoms with van der Waals surface area (Å²) in [5, 5.41) is 12.7. The minimum absolute atomic E-state index is 0.0132. The number of phenols is 1. The Balaban J connectivity index is 2.91. The molecule has 5 heteroatoms. The third kappa shape index (κ3) is 4.59. The molecule has 1 rings (SSSR count). The third-order valence-corrected chi connectivity index (χ3v) is 3.49. The van der Waals surface area contributed by atoms with E-state index in [1.807, 2.05) is 20.8 Å². The van der Waals surface area contributed by atoms with Crippen LogP contribution in [-0.4, -0.2) is 22.9 Å². The second-order valence-electron chi connectivity index (χ2n) is 5.53. The van der Waals surface area contributed by atoms with Crippen LogP contribution >= 0.6 is 23.2 Å². The van der Waals surface area contributed by atoms with Gasteiger partial charge in [0.15, 0.2) is 0 Å². The molecule has 0 saturated carbocycles. The van der Waals surface area contributed by atoms with Crippen LogP contribution in [0.2, 0.25) is 5.02 Å². The molecule has 0 aliphatic heterocycles. The molecule has 0 aromatic heterocycles. The molecule has 0 fully saturated rings. The second-order valence-corrected chi connectivity index (χ2v) is 6.32. The van der Waals surface area contributed by atoms with Crippen molar-refractivity contribution in [2.45, 2.75) is 33.2 Å². The normalized spacial score (nSPS) is 13.1. The summed E-state index contributed by atoms with van der Waals surface area (Å²) in [5.74, 6) is 0.181. The van der Waals surface area contributed by atoms with Gasteiger partial charge in [0.25, 0.3) is 5.91 Å². The van der Waals surface area contributed by atoms with Crippen molar-refractivity contribution in [3.05, 3.63) is 28.8 Å². The number of hydrogen-bond donors (Lipinski definition) is 2. The topological polar surface area (TPSA) is 49.3 Å². The first kappa shape index (κ1) is 16.1. The van der Waals surface area contributed by atoms with Crippen molar-refractivity contribution < 1.29 is 9.90 Å². The zero-order valence-electron chi connectivity index (χ0n) is 11.3.